The van der Waals surface area contributed by atoms with Crippen molar-refractivity contribution in [1.82, 2.24) is 0 Å². The fourth-order valence-corrected chi connectivity index (χ4v) is 2.04. The van der Waals surface area contributed by atoms with Crippen molar-refractivity contribution in [2.24, 2.45) is 0 Å². The van der Waals surface area contributed by atoms with Crippen LogP contribution in [0.4, 0.5) is 10.1 Å². The summed E-state index contributed by atoms with van der Waals surface area (Å²) < 4.78 is 18.9. The first-order chi connectivity index (χ1) is 9.10. The molecular weight excluding hydrogens is 265 g/mol. The largest absolute Gasteiger partial charge is 0.496 e. The van der Waals surface area contributed by atoms with Gasteiger partial charge in [0.25, 0.3) is 0 Å². The first kappa shape index (κ1) is 13.7. The van der Waals surface area contributed by atoms with Crippen LogP contribution in [0.1, 0.15) is 11.1 Å². The molecule has 4 heteroatoms. The second-order valence-electron chi connectivity index (χ2n) is 4.29. The van der Waals surface area contributed by atoms with Crippen LogP contribution >= 0.6 is 11.6 Å². The summed E-state index contributed by atoms with van der Waals surface area (Å²) in [5.41, 5.74) is 2.49. The van der Waals surface area contributed by atoms with Crippen LogP contribution < -0.4 is 10.1 Å². The Morgan fingerprint density at radius 3 is 2.74 bits per heavy atom. The Hall–Kier alpha value is -1.74. The molecule has 0 atom stereocenters. The highest BCUT2D eigenvalue weighted by molar-refractivity contribution is 6.30. The summed E-state index contributed by atoms with van der Waals surface area (Å²) in [6.45, 7) is 2.48. The topological polar surface area (TPSA) is 21.3 Å². The molecule has 2 aromatic carbocycles. The van der Waals surface area contributed by atoms with Gasteiger partial charge in [-0.2, -0.15) is 0 Å². The molecule has 0 unspecified atom stereocenters. The molecule has 0 aromatic heterocycles. The summed E-state index contributed by atoms with van der Waals surface area (Å²) in [4.78, 5) is 0. The van der Waals surface area contributed by atoms with Crippen molar-refractivity contribution in [3.8, 4) is 5.75 Å². The van der Waals surface area contributed by atoms with Gasteiger partial charge in [-0.15, -0.1) is 0 Å². The Morgan fingerprint density at radius 2 is 2.00 bits per heavy atom. The van der Waals surface area contributed by atoms with Gasteiger partial charge in [0.05, 0.1) is 12.8 Å². The van der Waals surface area contributed by atoms with Crippen molar-refractivity contribution in [3.05, 3.63) is 58.4 Å². The molecule has 0 fully saturated rings. The molecule has 2 rings (SSSR count). The number of methoxy groups -OCH3 is 1. The molecule has 100 valence electrons. The minimum absolute atomic E-state index is 0.323. The van der Waals surface area contributed by atoms with E-state index in [1.54, 1.807) is 13.2 Å². The van der Waals surface area contributed by atoms with Gasteiger partial charge in [0, 0.05) is 17.1 Å². The third kappa shape index (κ3) is 3.38. The van der Waals surface area contributed by atoms with Gasteiger partial charge in [-0.05, 0) is 31.2 Å². The highest BCUT2D eigenvalue weighted by atomic mass is 35.5. The fourth-order valence-electron chi connectivity index (χ4n) is 1.87. The van der Waals surface area contributed by atoms with E-state index < -0.39 is 0 Å². The van der Waals surface area contributed by atoms with Crippen molar-refractivity contribution in [2.75, 3.05) is 12.4 Å². The second kappa shape index (κ2) is 5.93. The van der Waals surface area contributed by atoms with Gasteiger partial charge >= 0.3 is 0 Å². The van der Waals surface area contributed by atoms with E-state index in [1.165, 1.54) is 12.1 Å². The van der Waals surface area contributed by atoms with Gasteiger partial charge in [-0.3, -0.25) is 0 Å². The van der Waals surface area contributed by atoms with Crippen molar-refractivity contribution in [1.29, 1.82) is 0 Å². The molecule has 2 nitrogen and oxygen atoms in total. The molecule has 0 heterocycles. The number of hydrogen-bond acceptors (Lipinski definition) is 2. The molecule has 0 bridgehead atoms. The molecule has 2 aromatic rings. The maximum absolute atomic E-state index is 13.6. The molecule has 0 aliphatic carbocycles. The minimum atomic E-state index is -0.323. The van der Waals surface area contributed by atoms with E-state index in [4.69, 9.17) is 16.3 Å². The molecule has 0 aliphatic rings. The molecular formula is C15H15ClFNO. The molecule has 19 heavy (non-hydrogen) atoms. The maximum Gasteiger partial charge on any atom is 0.146 e. The van der Waals surface area contributed by atoms with E-state index in [2.05, 4.69) is 5.32 Å². The summed E-state index contributed by atoms with van der Waals surface area (Å²) in [7, 11) is 1.62. The van der Waals surface area contributed by atoms with Crippen molar-refractivity contribution >= 4 is 17.3 Å². The zero-order valence-corrected chi connectivity index (χ0v) is 11.6. The van der Waals surface area contributed by atoms with Crippen LogP contribution in [0.15, 0.2) is 36.4 Å². The van der Waals surface area contributed by atoms with E-state index in [0.29, 0.717) is 17.3 Å². The predicted octanol–water partition coefficient (Wildman–Crippen LogP) is 4.41. The van der Waals surface area contributed by atoms with Crippen molar-refractivity contribution < 1.29 is 9.13 Å². The molecule has 0 saturated carbocycles. The quantitative estimate of drug-likeness (QED) is 0.895. The average Bonchev–Trinajstić information content (AvgIpc) is 2.40. The lowest BCUT2D eigenvalue weighted by Crippen LogP contribution is -2.03. The first-order valence-corrected chi connectivity index (χ1v) is 6.30. The Labute approximate surface area is 117 Å². The maximum atomic E-state index is 13.6. The lowest BCUT2D eigenvalue weighted by Gasteiger charge is -2.12. The number of halogens is 2. The Kier molecular flexibility index (Phi) is 4.27. The van der Waals surface area contributed by atoms with E-state index in [9.17, 15) is 4.39 Å². The van der Waals surface area contributed by atoms with Crippen LogP contribution in [0.2, 0.25) is 5.02 Å². The third-order valence-electron chi connectivity index (χ3n) is 2.83. The highest BCUT2D eigenvalue weighted by Gasteiger charge is 2.06. The summed E-state index contributed by atoms with van der Waals surface area (Å²) in [6.07, 6.45) is 0. The number of hydrogen-bond donors (Lipinski definition) is 1. The van der Waals surface area contributed by atoms with Gasteiger partial charge < -0.3 is 10.1 Å². The summed E-state index contributed by atoms with van der Waals surface area (Å²) in [6, 6.07) is 10.3. The zero-order valence-electron chi connectivity index (χ0n) is 10.8. The van der Waals surface area contributed by atoms with Gasteiger partial charge in [0.15, 0.2) is 0 Å². The van der Waals surface area contributed by atoms with E-state index in [1.807, 2.05) is 25.1 Å². The number of nitrogens with one attached hydrogen (secondary N) is 1. The van der Waals surface area contributed by atoms with Crippen LogP contribution in [0, 0.1) is 12.7 Å². The normalized spacial score (nSPS) is 10.3. The molecule has 0 saturated heterocycles. The second-order valence-corrected chi connectivity index (χ2v) is 4.73. The smallest absolute Gasteiger partial charge is 0.146 e. The summed E-state index contributed by atoms with van der Waals surface area (Å²) >= 11 is 5.85. The Bertz CT molecular complexity index is 586. The van der Waals surface area contributed by atoms with Crippen LogP contribution in [0.5, 0.6) is 5.75 Å². The van der Waals surface area contributed by atoms with E-state index in [-0.39, 0.29) is 5.82 Å². The van der Waals surface area contributed by atoms with Crippen LogP contribution in [0.25, 0.3) is 0 Å². The SMILES string of the molecule is COc1ccc(C)cc1CNc1cc(Cl)ccc1F. The fraction of sp³-hybridized carbons (Fsp3) is 0.200. The molecule has 0 aliphatic heterocycles. The Morgan fingerprint density at radius 1 is 1.21 bits per heavy atom. The number of ether oxygens (including phenoxy) is 1. The summed E-state index contributed by atoms with van der Waals surface area (Å²) in [5.74, 6) is 0.455. The standard InChI is InChI=1S/C15H15ClFNO/c1-10-3-6-15(19-2)11(7-10)9-18-14-8-12(16)4-5-13(14)17/h3-8,18H,9H2,1-2H3. The zero-order chi connectivity index (χ0) is 13.8. The Balaban J connectivity index is 2.18. The van der Waals surface area contributed by atoms with Crippen LogP contribution in [-0.2, 0) is 6.54 Å². The van der Waals surface area contributed by atoms with E-state index >= 15 is 0 Å². The third-order valence-corrected chi connectivity index (χ3v) is 3.07. The molecule has 0 spiro atoms. The number of anilines is 1. The lowest BCUT2D eigenvalue weighted by atomic mass is 10.1. The minimum Gasteiger partial charge on any atom is -0.496 e. The number of benzene rings is 2. The lowest BCUT2D eigenvalue weighted by molar-refractivity contribution is 0.410. The van der Waals surface area contributed by atoms with Gasteiger partial charge in [-0.1, -0.05) is 29.3 Å². The number of rotatable bonds is 4. The van der Waals surface area contributed by atoms with Crippen molar-refractivity contribution in [2.45, 2.75) is 13.5 Å². The first-order valence-electron chi connectivity index (χ1n) is 5.92. The number of aryl methyl sites for hydroxylation is 1. The molecule has 0 radical (unpaired) electrons. The molecule has 0 amide bonds. The van der Waals surface area contributed by atoms with Crippen LogP contribution in [0.3, 0.4) is 0 Å². The average molecular weight is 280 g/mol. The highest BCUT2D eigenvalue weighted by Crippen LogP contribution is 2.23. The summed E-state index contributed by atoms with van der Waals surface area (Å²) in [5, 5.41) is 3.53. The van der Waals surface area contributed by atoms with E-state index in [0.717, 1.165) is 16.9 Å². The van der Waals surface area contributed by atoms with Gasteiger partial charge in [0.1, 0.15) is 11.6 Å². The molecule has 1 N–H and O–H groups in total. The monoisotopic (exact) mass is 279 g/mol. The van der Waals surface area contributed by atoms with Gasteiger partial charge in [0.2, 0.25) is 0 Å². The van der Waals surface area contributed by atoms with Gasteiger partial charge in [-0.25, -0.2) is 4.39 Å². The predicted molar refractivity (Wildman–Crippen MR) is 76.5 cm³/mol. The van der Waals surface area contributed by atoms with Crippen LogP contribution in [-0.4, -0.2) is 7.11 Å². The van der Waals surface area contributed by atoms with Crippen molar-refractivity contribution in [3.63, 3.8) is 0 Å².